The van der Waals surface area contributed by atoms with E-state index in [0.717, 1.165) is 36.8 Å². The molecule has 2 aromatic rings. The summed E-state index contributed by atoms with van der Waals surface area (Å²) < 4.78 is 26.1. The van der Waals surface area contributed by atoms with Gasteiger partial charge in [-0.25, -0.2) is 8.42 Å². The Morgan fingerprint density at radius 2 is 1.65 bits per heavy atom. The maximum atomic E-state index is 12.8. The molecule has 8 heteroatoms. The second-order valence-corrected chi connectivity index (χ2v) is 11.1. The van der Waals surface area contributed by atoms with Crippen molar-refractivity contribution in [2.45, 2.75) is 64.8 Å². The Morgan fingerprint density at radius 1 is 1.00 bits per heavy atom. The highest BCUT2D eigenvalue weighted by atomic mass is 32.2. The van der Waals surface area contributed by atoms with Gasteiger partial charge in [0.15, 0.2) is 0 Å². The minimum atomic E-state index is -3.49. The van der Waals surface area contributed by atoms with Crippen molar-refractivity contribution in [1.29, 1.82) is 0 Å². The number of nitrogens with one attached hydrogen (secondary N) is 2. The largest absolute Gasteiger partial charge is 0.349 e. The fourth-order valence-corrected chi connectivity index (χ4v) is 5.43. The molecule has 1 saturated carbocycles. The van der Waals surface area contributed by atoms with E-state index in [0.29, 0.717) is 23.4 Å². The molecule has 0 aliphatic heterocycles. The van der Waals surface area contributed by atoms with Crippen molar-refractivity contribution in [3.8, 4) is 0 Å². The van der Waals surface area contributed by atoms with Crippen molar-refractivity contribution in [1.82, 2.24) is 5.32 Å². The monoisotopic (exact) mass is 485 g/mol. The van der Waals surface area contributed by atoms with Gasteiger partial charge in [0.05, 0.1) is 23.2 Å². The number of nitrogens with zero attached hydrogens (tertiary/aromatic N) is 1. The number of rotatable bonds is 9. The number of anilines is 2. The van der Waals surface area contributed by atoms with Gasteiger partial charge in [-0.2, -0.15) is 0 Å². The summed E-state index contributed by atoms with van der Waals surface area (Å²) in [5.74, 6) is -0.437. The lowest BCUT2D eigenvalue weighted by atomic mass is 9.95. The van der Waals surface area contributed by atoms with Gasteiger partial charge in [0.25, 0.3) is 5.91 Å². The number of amides is 2. The number of hydrogen-bond acceptors (Lipinski definition) is 4. The molecule has 1 aliphatic carbocycles. The molecule has 0 saturated heterocycles. The van der Waals surface area contributed by atoms with Crippen LogP contribution in [0.5, 0.6) is 0 Å². The average Bonchev–Trinajstić information content (AvgIpc) is 2.76. The molecule has 0 atom stereocenters. The molecule has 0 aromatic heterocycles. The van der Waals surface area contributed by atoms with E-state index < -0.39 is 10.0 Å². The van der Waals surface area contributed by atoms with Crippen molar-refractivity contribution < 1.29 is 18.0 Å². The smallest absolute Gasteiger partial charge is 0.253 e. The Kier molecular flexibility index (Phi) is 8.72. The van der Waals surface area contributed by atoms with Crippen LogP contribution in [0.4, 0.5) is 11.4 Å². The first kappa shape index (κ1) is 25.7. The maximum Gasteiger partial charge on any atom is 0.253 e. The highest BCUT2D eigenvalue weighted by molar-refractivity contribution is 7.92. The predicted molar refractivity (Wildman–Crippen MR) is 137 cm³/mol. The van der Waals surface area contributed by atoms with Gasteiger partial charge in [-0.05, 0) is 68.5 Å². The Bertz CT molecular complexity index is 1100. The van der Waals surface area contributed by atoms with E-state index in [-0.39, 0.29) is 30.8 Å². The summed E-state index contributed by atoms with van der Waals surface area (Å²) in [6.07, 6.45) is 7.07. The fourth-order valence-electron chi connectivity index (χ4n) is 4.48. The first-order valence-corrected chi connectivity index (χ1v) is 13.7. The molecule has 2 N–H and O–H groups in total. The molecule has 2 aromatic carbocycles. The van der Waals surface area contributed by atoms with Crippen molar-refractivity contribution in [2.24, 2.45) is 0 Å². The first-order valence-electron chi connectivity index (χ1n) is 11.9. The summed E-state index contributed by atoms with van der Waals surface area (Å²) in [5, 5.41) is 5.92. The van der Waals surface area contributed by atoms with Crippen LogP contribution in [0.2, 0.25) is 0 Å². The zero-order chi connectivity index (χ0) is 24.7. The van der Waals surface area contributed by atoms with E-state index in [1.54, 1.807) is 24.3 Å². The molecule has 0 heterocycles. The molecule has 34 heavy (non-hydrogen) atoms. The third kappa shape index (κ3) is 7.32. The molecule has 3 rings (SSSR count). The Hall–Kier alpha value is -2.87. The van der Waals surface area contributed by atoms with E-state index in [9.17, 15) is 18.0 Å². The van der Waals surface area contributed by atoms with Crippen LogP contribution in [0.3, 0.4) is 0 Å². The Labute approximate surface area is 203 Å². The highest BCUT2D eigenvalue weighted by Crippen LogP contribution is 2.23. The zero-order valence-corrected chi connectivity index (χ0v) is 21.1. The molecule has 2 amide bonds. The topological polar surface area (TPSA) is 95.6 Å². The third-order valence-electron chi connectivity index (χ3n) is 6.05. The predicted octanol–water partition coefficient (Wildman–Crippen LogP) is 4.55. The molecular formula is C26H35N3O4S. The Balaban J connectivity index is 1.60. The second kappa shape index (κ2) is 11.5. The lowest BCUT2D eigenvalue weighted by Crippen LogP contribution is -2.36. The van der Waals surface area contributed by atoms with Crippen LogP contribution < -0.4 is 14.9 Å². The quantitative estimate of drug-likeness (QED) is 0.545. The summed E-state index contributed by atoms with van der Waals surface area (Å²) in [6.45, 7) is 4.04. The van der Waals surface area contributed by atoms with Crippen LogP contribution in [0.25, 0.3) is 0 Å². The summed E-state index contributed by atoms with van der Waals surface area (Å²) in [7, 11) is -3.49. The maximum absolute atomic E-state index is 12.8. The summed E-state index contributed by atoms with van der Waals surface area (Å²) in [6, 6.07) is 12.8. The minimum absolute atomic E-state index is 0.134. The fraction of sp³-hybridized carbons (Fsp3) is 0.462. The molecule has 1 aliphatic rings. The van der Waals surface area contributed by atoms with Crippen LogP contribution in [0.1, 0.15) is 66.4 Å². The molecule has 0 spiro atoms. The van der Waals surface area contributed by atoms with E-state index >= 15 is 0 Å². The number of benzene rings is 2. The van der Waals surface area contributed by atoms with Gasteiger partial charge >= 0.3 is 0 Å². The van der Waals surface area contributed by atoms with Crippen molar-refractivity contribution >= 4 is 33.2 Å². The minimum Gasteiger partial charge on any atom is -0.349 e. The average molecular weight is 486 g/mol. The molecule has 0 bridgehead atoms. The lowest BCUT2D eigenvalue weighted by Gasteiger charge is -2.24. The number of sulfonamides is 1. The summed E-state index contributed by atoms with van der Waals surface area (Å²) in [4.78, 5) is 25.4. The zero-order valence-electron chi connectivity index (χ0n) is 20.3. The standard InChI is InChI=1S/C26H35N3O4S/c1-19-16-20(2)18-22(17-19)29(34(3,32)33)15-9-14-25(30)28-24-13-8-7-12-23(24)26(31)27-21-10-5-4-6-11-21/h7-8,12-13,16-18,21H,4-6,9-11,14-15H2,1-3H3,(H,27,31)(H,28,30). The van der Waals surface area contributed by atoms with Crippen molar-refractivity contribution in [2.75, 3.05) is 22.4 Å². The lowest BCUT2D eigenvalue weighted by molar-refractivity contribution is -0.116. The van der Waals surface area contributed by atoms with Gasteiger partial charge in [0.2, 0.25) is 15.9 Å². The molecule has 0 unspecified atom stereocenters. The van der Waals surface area contributed by atoms with Crippen LogP contribution in [-0.2, 0) is 14.8 Å². The van der Waals surface area contributed by atoms with Gasteiger partial charge < -0.3 is 10.6 Å². The van der Waals surface area contributed by atoms with Gasteiger partial charge in [0, 0.05) is 19.0 Å². The van der Waals surface area contributed by atoms with Gasteiger partial charge in [-0.3, -0.25) is 13.9 Å². The van der Waals surface area contributed by atoms with Crippen LogP contribution in [-0.4, -0.2) is 39.1 Å². The van der Waals surface area contributed by atoms with E-state index in [4.69, 9.17) is 0 Å². The molecular weight excluding hydrogens is 450 g/mol. The normalized spacial score (nSPS) is 14.4. The molecule has 0 radical (unpaired) electrons. The van der Waals surface area contributed by atoms with E-state index in [1.807, 2.05) is 32.0 Å². The Morgan fingerprint density at radius 3 is 2.29 bits per heavy atom. The van der Waals surface area contributed by atoms with Gasteiger partial charge in [-0.15, -0.1) is 0 Å². The SMILES string of the molecule is Cc1cc(C)cc(N(CCCC(=O)Nc2ccccc2C(=O)NC2CCCCC2)S(C)(=O)=O)c1. The van der Waals surface area contributed by atoms with Gasteiger partial charge in [-0.1, -0.05) is 37.5 Å². The molecule has 184 valence electrons. The molecule has 1 fully saturated rings. The van der Waals surface area contributed by atoms with Crippen molar-refractivity contribution in [3.05, 3.63) is 59.2 Å². The van der Waals surface area contributed by atoms with Gasteiger partial charge in [0.1, 0.15) is 0 Å². The second-order valence-electron chi connectivity index (χ2n) is 9.19. The van der Waals surface area contributed by atoms with Crippen LogP contribution in [0, 0.1) is 13.8 Å². The number of aryl methyl sites for hydroxylation is 2. The van der Waals surface area contributed by atoms with Crippen molar-refractivity contribution in [3.63, 3.8) is 0 Å². The number of carbonyl (C=O) groups excluding carboxylic acids is 2. The number of para-hydroxylation sites is 1. The number of carbonyl (C=O) groups is 2. The summed E-state index contributed by atoms with van der Waals surface area (Å²) in [5.41, 5.74) is 3.46. The van der Waals surface area contributed by atoms with E-state index in [1.165, 1.54) is 17.0 Å². The van der Waals surface area contributed by atoms with Crippen LogP contribution >= 0.6 is 0 Å². The first-order chi connectivity index (χ1) is 16.1. The highest BCUT2D eigenvalue weighted by Gasteiger charge is 2.20. The molecule has 7 nitrogen and oxygen atoms in total. The van der Waals surface area contributed by atoms with Crippen LogP contribution in [0.15, 0.2) is 42.5 Å². The third-order valence-corrected chi connectivity index (χ3v) is 7.24. The summed E-state index contributed by atoms with van der Waals surface area (Å²) >= 11 is 0. The van der Waals surface area contributed by atoms with E-state index in [2.05, 4.69) is 10.6 Å². The number of hydrogen-bond donors (Lipinski definition) is 2.